The van der Waals surface area contributed by atoms with Gasteiger partial charge in [-0.05, 0) is 29.4 Å². The van der Waals surface area contributed by atoms with E-state index in [1.165, 1.54) is 0 Å². The van der Waals surface area contributed by atoms with E-state index >= 15 is 0 Å². The first kappa shape index (κ1) is 13.2. The predicted molar refractivity (Wildman–Crippen MR) is 68.9 cm³/mol. The molecule has 0 aromatic heterocycles. The minimum absolute atomic E-state index is 0.237. The van der Waals surface area contributed by atoms with E-state index < -0.39 is 0 Å². The number of benzene rings is 1. The van der Waals surface area contributed by atoms with Gasteiger partial charge in [0.05, 0.1) is 0 Å². The second-order valence-corrected chi connectivity index (χ2v) is 5.41. The molecule has 15 heavy (non-hydrogen) atoms. The molecule has 1 atom stereocenters. The largest absolute Gasteiger partial charge is 0.396 e. The molecular weight excluding hydrogens is 251 g/mol. The van der Waals surface area contributed by atoms with Crippen LogP contribution in [-0.2, 0) is 5.75 Å². The van der Waals surface area contributed by atoms with E-state index in [9.17, 15) is 0 Å². The van der Waals surface area contributed by atoms with Crippen molar-refractivity contribution in [3.63, 3.8) is 0 Å². The van der Waals surface area contributed by atoms with Gasteiger partial charge in [-0.2, -0.15) is 11.8 Å². The summed E-state index contributed by atoms with van der Waals surface area (Å²) in [5.41, 5.74) is 1.09. The third-order valence-electron chi connectivity index (χ3n) is 1.99. The molecule has 0 spiro atoms. The predicted octanol–water partition coefficient (Wildman–Crippen LogP) is 3.86. The van der Waals surface area contributed by atoms with Gasteiger partial charge in [0.15, 0.2) is 0 Å². The zero-order chi connectivity index (χ0) is 11.3. The summed E-state index contributed by atoms with van der Waals surface area (Å²) in [4.78, 5) is 0. The molecule has 0 fully saturated rings. The van der Waals surface area contributed by atoms with E-state index in [1.54, 1.807) is 17.8 Å². The van der Waals surface area contributed by atoms with E-state index in [-0.39, 0.29) is 6.61 Å². The van der Waals surface area contributed by atoms with Gasteiger partial charge in [-0.25, -0.2) is 0 Å². The number of hydrogen-bond acceptors (Lipinski definition) is 2. The Morgan fingerprint density at radius 2 is 2.13 bits per heavy atom. The zero-order valence-corrected chi connectivity index (χ0v) is 10.9. The van der Waals surface area contributed by atoms with Crippen LogP contribution < -0.4 is 0 Å². The molecule has 1 aromatic rings. The van der Waals surface area contributed by atoms with Crippen molar-refractivity contribution >= 4 is 35.0 Å². The van der Waals surface area contributed by atoms with E-state index in [2.05, 4.69) is 0 Å². The Labute approximate surface area is 105 Å². The Kier molecular flexibility index (Phi) is 5.83. The number of aliphatic hydroxyl groups is 1. The summed E-state index contributed by atoms with van der Waals surface area (Å²) in [6.45, 7) is 2.26. The van der Waals surface area contributed by atoms with Crippen LogP contribution in [0.25, 0.3) is 0 Å². The maximum absolute atomic E-state index is 8.87. The minimum Gasteiger partial charge on any atom is -0.396 e. The molecule has 0 aliphatic rings. The van der Waals surface area contributed by atoms with Crippen molar-refractivity contribution in [3.8, 4) is 0 Å². The normalized spacial score (nSPS) is 12.8. The standard InChI is InChI=1S/C11H14Cl2OS/c1-8(5-14)6-15-7-9-2-3-10(12)4-11(9)13/h2-4,8,14H,5-7H2,1H3. The third-order valence-corrected chi connectivity index (χ3v) is 3.89. The van der Waals surface area contributed by atoms with Crippen molar-refractivity contribution in [1.82, 2.24) is 0 Å². The van der Waals surface area contributed by atoms with E-state index in [4.69, 9.17) is 28.3 Å². The summed E-state index contributed by atoms with van der Waals surface area (Å²) < 4.78 is 0. The van der Waals surface area contributed by atoms with Crippen molar-refractivity contribution in [2.45, 2.75) is 12.7 Å². The van der Waals surface area contributed by atoms with Gasteiger partial charge in [0.1, 0.15) is 0 Å². The van der Waals surface area contributed by atoms with Gasteiger partial charge in [0.25, 0.3) is 0 Å². The van der Waals surface area contributed by atoms with Gasteiger partial charge in [-0.15, -0.1) is 0 Å². The summed E-state index contributed by atoms with van der Waals surface area (Å²) >= 11 is 13.6. The second kappa shape index (κ2) is 6.64. The van der Waals surface area contributed by atoms with Gasteiger partial charge < -0.3 is 5.11 Å². The van der Waals surface area contributed by atoms with Crippen molar-refractivity contribution in [1.29, 1.82) is 0 Å². The fourth-order valence-electron chi connectivity index (χ4n) is 1.06. The molecule has 1 nitrogen and oxygen atoms in total. The molecule has 0 aliphatic carbocycles. The summed E-state index contributed by atoms with van der Waals surface area (Å²) in [5, 5.41) is 10.2. The molecule has 1 unspecified atom stereocenters. The van der Waals surface area contributed by atoms with Crippen LogP contribution in [0.15, 0.2) is 18.2 Å². The quantitative estimate of drug-likeness (QED) is 0.872. The smallest absolute Gasteiger partial charge is 0.0464 e. The van der Waals surface area contributed by atoms with Gasteiger partial charge >= 0.3 is 0 Å². The number of thioether (sulfide) groups is 1. The van der Waals surface area contributed by atoms with Crippen LogP contribution in [-0.4, -0.2) is 17.5 Å². The van der Waals surface area contributed by atoms with E-state index in [1.807, 2.05) is 19.1 Å². The molecule has 0 saturated carbocycles. The molecule has 0 bridgehead atoms. The van der Waals surface area contributed by atoms with Gasteiger partial charge in [0, 0.05) is 22.4 Å². The average molecular weight is 265 g/mol. The van der Waals surface area contributed by atoms with E-state index in [0.717, 1.165) is 17.1 Å². The van der Waals surface area contributed by atoms with Crippen LogP contribution >= 0.6 is 35.0 Å². The van der Waals surface area contributed by atoms with Crippen LogP contribution in [0, 0.1) is 5.92 Å². The molecule has 0 saturated heterocycles. The molecule has 84 valence electrons. The highest BCUT2D eigenvalue weighted by Gasteiger charge is 2.03. The third kappa shape index (κ3) is 4.64. The van der Waals surface area contributed by atoms with E-state index in [0.29, 0.717) is 16.0 Å². The van der Waals surface area contributed by atoms with Gasteiger partial charge in [0.2, 0.25) is 0 Å². The molecule has 0 heterocycles. The molecule has 0 amide bonds. The highest BCUT2D eigenvalue weighted by molar-refractivity contribution is 7.98. The number of halogens is 2. The fourth-order valence-corrected chi connectivity index (χ4v) is 2.71. The van der Waals surface area contributed by atoms with Crippen LogP contribution in [0.2, 0.25) is 10.0 Å². The topological polar surface area (TPSA) is 20.2 Å². The number of aliphatic hydroxyl groups excluding tert-OH is 1. The lowest BCUT2D eigenvalue weighted by molar-refractivity contribution is 0.250. The SMILES string of the molecule is CC(CO)CSCc1ccc(Cl)cc1Cl. The first-order valence-electron chi connectivity index (χ1n) is 4.76. The number of hydrogen-bond donors (Lipinski definition) is 1. The Hall–Kier alpha value is 0.110. The highest BCUT2D eigenvalue weighted by atomic mass is 35.5. The molecule has 1 N–H and O–H groups in total. The minimum atomic E-state index is 0.237. The van der Waals surface area contributed by atoms with Crippen LogP contribution in [0.5, 0.6) is 0 Å². The molecule has 4 heteroatoms. The van der Waals surface area contributed by atoms with Gasteiger partial charge in [-0.1, -0.05) is 36.2 Å². The lowest BCUT2D eigenvalue weighted by Crippen LogP contribution is -2.03. The molecular formula is C11H14Cl2OS. The zero-order valence-electron chi connectivity index (χ0n) is 8.54. The lowest BCUT2D eigenvalue weighted by atomic mass is 10.2. The Balaban J connectivity index is 2.44. The van der Waals surface area contributed by atoms with Gasteiger partial charge in [-0.3, -0.25) is 0 Å². The molecule has 0 aliphatic heterocycles. The number of rotatable bonds is 5. The molecule has 1 aromatic carbocycles. The Bertz CT molecular complexity index is 317. The first-order chi connectivity index (χ1) is 7.13. The van der Waals surface area contributed by atoms with Crippen LogP contribution in [0.3, 0.4) is 0 Å². The van der Waals surface area contributed by atoms with Crippen molar-refractivity contribution < 1.29 is 5.11 Å². The van der Waals surface area contributed by atoms with Crippen molar-refractivity contribution in [2.24, 2.45) is 5.92 Å². The summed E-state index contributed by atoms with van der Waals surface area (Å²) in [5.74, 6) is 2.14. The maximum atomic E-state index is 8.87. The summed E-state index contributed by atoms with van der Waals surface area (Å²) in [7, 11) is 0. The monoisotopic (exact) mass is 264 g/mol. The Morgan fingerprint density at radius 3 is 2.73 bits per heavy atom. The molecule has 1 rings (SSSR count). The Morgan fingerprint density at radius 1 is 1.40 bits per heavy atom. The first-order valence-corrected chi connectivity index (χ1v) is 6.67. The fraction of sp³-hybridized carbons (Fsp3) is 0.455. The summed E-state index contributed by atoms with van der Waals surface area (Å²) in [6.07, 6.45) is 0. The molecule has 0 radical (unpaired) electrons. The van der Waals surface area contributed by atoms with Crippen molar-refractivity contribution in [3.05, 3.63) is 33.8 Å². The van der Waals surface area contributed by atoms with Crippen molar-refractivity contribution in [2.75, 3.05) is 12.4 Å². The lowest BCUT2D eigenvalue weighted by Gasteiger charge is -2.08. The van der Waals surface area contributed by atoms with Crippen LogP contribution in [0.4, 0.5) is 0 Å². The second-order valence-electron chi connectivity index (χ2n) is 3.54. The maximum Gasteiger partial charge on any atom is 0.0464 e. The highest BCUT2D eigenvalue weighted by Crippen LogP contribution is 2.25. The summed E-state index contributed by atoms with van der Waals surface area (Å²) in [6, 6.07) is 5.55. The van der Waals surface area contributed by atoms with Crippen LogP contribution in [0.1, 0.15) is 12.5 Å². The average Bonchev–Trinajstić information content (AvgIpc) is 2.21.